The lowest BCUT2D eigenvalue weighted by Crippen LogP contribution is -2.44. The van der Waals surface area contributed by atoms with Gasteiger partial charge in [0, 0.05) is 18.5 Å². The molecule has 0 aliphatic carbocycles. The number of carbonyl (C=O) groups is 3. The van der Waals surface area contributed by atoms with Crippen LogP contribution in [0.15, 0.2) is 36.4 Å². The third kappa shape index (κ3) is 8.74. The molecule has 0 bridgehead atoms. The maximum Gasteiger partial charge on any atom is 0.276 e. The lowest BCUT2D eigenvalue weighted by molar-refractivity contribution is -0.130. The van der Waals surface area contributed by atoms with E-state index in [9.17, 15) is 14.4 Å². The van der Waals surface area contributed by atoms with Crippen molar-refractivity contribution in [3.05, 3.63) is 58.7 Å². The highest BCUT2D eigenvalue weighted by atomic mass is 16.5. The van der Waals surface area contributed by atoms with Crippen LogP contribution >= 0.6 is 0 Å². The Labute approximate surface area is 209 Å². The van der Waals surface area contributed by atoms with Crippen molar-refractivity contribution in [2.24, 2.45) is 0 Å². The molecule has 35 heavy (non-hydrogen) atoms. The Hall–Kier alpha value is -3.35. The van der Waals surface area contributed by atoms with Gasteiger partial charge in [0.2, 0.25) is 11.8 Å². The van der Waals surface area contributed by atoms with Crippen molar-refractivity contribution in [1.29, 1.82) is 0 Å². The van der Waals surface area contributed by atoms with E-state index in [0.717, 1.165) is 22.4 Å². The molecule has 3 N–H and O–H groups in total. The molecule has 0 aliphatic rings. The topological polar surface area (TPSA) is 96.5 Å². The first-order chi connectivity index (χ1) is 16.2. The first kappa shape index (κ1) is 27.9. The maximum absolute atomic E-state index is 12.2. The van der Waals surface area contributed by atoms with E-state index in [4.69, 9.17) is 4.74 Å². The number of nitrogens with one attached hydrogen (secondary N) is 3. The second kappa shape index (κ2) is 11.4. The van der Waals surface area contributed by atoms with Crippen molar-refractivity contribution < 1.29 is 19.1 Å². The van der Waals surface area contributed by atoms with E-state index in [-0.39, 0.29) is 36.2 Å². The van der Waals surface area contributed by atoms with Gasteiger partial charge in [0.25, 0.3) is 5.91 Å². The number of aryl methyl sites for hydroxylation is 2. The van der Waals surface area contributed by atoms with E-state index in [1.165, 1.54) is 5.56 Å². The van der Waals surface area contributed by atoms with E-state index in [0.29, 0.717) is 5.75 Å². The molecule has 2 rings (SSSR count). The molecule has 2 aromatic carbocycles. The van der Waals surface area contributed by atoms with Crippen molar-refractivity contribution >= 4 is 23.4 Å². The summed E-state index contributed by atoms with van der Waals surface area (Å²) >= 11 is 0. The standard InChI is InChI=1S/C28H39N3O4/c1-18-9-10-19(2)22(15-18)29-24(32)13-14-25(33)30-31-26(34)17-35-23-12-11-20(27(3,4)5)16-21(23)28(6,7)8/h9-12,15-16H,13-14,17H2,1-8H3,(H,29,32)(H,30,33)(H,31,34). The van der Waals surface area contributed by atoms with Gasteiger partial charge in [0.05, 0.1) is 0 Å². The second-order valence-corrected chi connectivity index (χ2v) is 11.0. The summed E-state index contributed by atoms with van der Waals surface area (Å²) in [6.45, 7) is 16.3. The van der Waals surface area contributed by atoms with Gasteiger partial charge in [0.1, 0.15) is 5.75 Å². The predicted octanol–water partition coefficient (Wildman–Crippen LogP) is 4.84. The van der Waals surface area contributed by atoms with Crippen LogP contribution in [-0.2, 0) is 25.2 Å². The Kier molecular flexibility index (Phi) is 9.07. The molecule has 0 heterocycles. The monoisotopic (exact) mass is 481 g/mol. The molecule has 2 aromatic rings. The van der Waals surface area contributed by atoms with Crippen molar-refractivity contribution in [3.8, 4) is 5.75 Å². The van der Waals surface area contributed by atoms with Gasteiger partial charge in [-0.15, -0.1) is 0 Å². The second-order valence-electron chi connectivity index (χ2n) is 11.0. The zero-order valence-electron chi connectivity index (χ0n) is 22.2. The molecule has 0 atom stereocenters. The fraction of sp³-hybridized carbons (Fsp3) is 0.464. The van der Waals surface area contributed by atoms with Gasteiger partial charge in [0.15, 0.2) is 6.61 Å². The third-order valence-electron chi connectivity index (χ3n) is 5.60. The highest BCUT2D eigenvalue weighted by Crippen LogP contribution is 2.35. The molecule has 0 unspecified atom stereocenters. The average molecular weight is 482 g/mol. The average Bonchev–Trinajstić information content (AvgIpc) is 2.76. The van der Waals surface area contributed by atoms with E-state index in [2.05, 4.69) is 63.8 Å². The predicted molar refractivity (Wildman–Crippen MR) is 139 cm³/mol. The van der Waals surface area contributed by atoms with Crippen LogP contribution in [0.25, 0.3) is 0 Å². The molecular weight excluding hydrogens is 442 g/mol. The lowest BCUT2D eigenvalue weighted by atomic mass is 9.80. The summed E-state index contributed by atoms with van der Waals surface area (Å²) in [4.78, 5) is 36.5. The Balaban J connectivity index is 1.83. The Morgan fingerprint density at radius 1 is 0.771 bits per heavy atom. The zero-order valence-corrected chi connectivity index (χ0v) is 22.2. The maximum atomic E-state index is 12.2. The minimum Gasteiger partial charge on any atom is -0.483 e. The van der Waals surface area contributed by atoms with Gasteiger partial charge in [-0.1, -0.05) is 65.8 Å². The number of benzene rings is 2. The minimum absolute atomic E-state index is 0.000649. The number of anilines is 1. The van der Waals surface area contributed by atoms with Gasteiger partial charge in [-0.2, -0.15) is 0 Å². The van der Waals surface area contributed by atoms with Crippen molar-refractivity contribution in [2.45, 2.75) is 79.1 Å². The molecule has 0 aliphatic heterocycles. The molecule has 3 amide bonds. The summed E-state index contributed by atoms with van der Waals surface area (Å²) in [5.41, 5.74) is 9.41. The van der Waals surface area contributed by atoms with Gasteiger partial charge < -0.3 is 10.1 Å². The smallest absolute Gasteiger partial charge is 0.276 e. The van der Waals surface area contributed by atoms with Crippen LogP contribution in [0.2, 0.25) is 0 Å². The number of rotatable bonds is 7. The Morgan fingerprint density at radius 3 is 2.03 bits per heavy atom. The van der Waals surface area contributed by atoms with Crippen molar-refractivity contribution in [3.63, 3.8) is 0 Å². The van der Waals surface area contributed by atoms with E-state index < -0.39 is 11.8 Å². The number of hydrazine groups is 1. The van der Waals surface area contributed by atoms with Crippen molar-refractivity contribution in [1.82, 2.24) is 10.9 Å². The minimum atomic E-state index is -0.488. The number of amides is 3. The van der Waals surface area contributed by atoms with Crippen LogP contribution in [-0.4, -0.2) is 24.3 Å². The van der Waals surface area contributed by atoms with Crippen LogP contribution < -0.4 is 20.9 Å². The first-order valence-corrected chi connectivity index (χ1v) is 11.9. The van der Waals surface area contributed by atoms with Gasteiger partial charge in [-0.25, -0.2) is 0 Å². The highest BCUT2D eigenvalue weighted by Gasteiger charge is 2.23. The first-order valence-electron chi connectivity index (χ1n) is 11.9. The fourth-order valence-electron chi connectivity index (χ4n) is 3.40. The normalized spacial score (nSPS) is 11.5. The number of carbonyl (C=O) groups excluding carboxylic acids is 3. The molecule has 0 saturated heterocycles. The largest absolute Gasteiger partial charge is 0.483 e. The van der Waals surface area contributed by atoms with Gasteiger partial charge in [-0.3, -0.25) is 25.2 Å². The third-order valence-corrected chi connectivity index (χ3v) is 5.60. The molecule has 190 valence electrons. The van der Waals surface area contributed by atoms with E-state index >= 15 is 0 Å². The van der Waals surface area contributed by atoms with E-state index in [1.54, 1.807) is 0 Å². The van der Waals surface area contributed by atoms with Gasteiger partial charge in [-0.05, 0) is 59.1 Å². The Morgan fingerprint density at radius 2 is 1.40 bits per heavy atom. The summed E-state index contributed by atoms with van der Waals surface area (Å²) in [6.07, 6.45) is -0.0546. The van der Waals surface area contributed by atoms with Crippen LogP contribution in [0.1, 0.15) is 76.6 Å². The zero-order chi connectivity index (χ0) is 26.4. The summed E-state index contributed by atoms with van der Waals surface area (Å²) in [7, 11) is 0. The summed E-state index contributed by atoms with van der Waals surface area (Å²) in [6, 6.07) is 11.8. The molecule has 7 heteroatoms. The van der Waals surface area contributed by atoms with Crippen LogP contribution in [0, 0.1) is 13.8 Å². The molecule has 0 aromatic heterocycles. The lowest BCUT2D eigenvalue weighted by Gasteiger charge is -2.27. The molecule has 0 fully saturated rings. The molecule has 0 saturated carbocycles. The molecule has 0 radical (unpaired) electrons. The van der Waals surface area contributed by atoms with Crippen LogP contribution in [0.3, 0.4) is 0 Å². The number of hydrogen-bond donors (Lipinski definition) is 3. The summed E-state index contributed by atoms with van der Waals surface area (Å²) in [5.74, 6) is -0.579. The Bertz CT molecular complexity index is 1080. The van der Waals surface area contributed by atoms with Crippen LogP contribution in [0.5, 0.6) is 5.75 Å². The van der Waals surface area contributed by atoms with E-state index in [1.807, 2.05) is 44.2 Å². The van der Waals surface area contributed by atoms with Crippen molar-refractivity contribution in [2.75, 3.05) is 11.9 Å². The molecule has 0 spiro atoms. The summed E-state index contributed by atoms with van der Waals surface area (Å²) in [5, 5.41) is 2.81. The SMILES string of the molecule is Cc1ccc(C)c(NC(=O)CCC(=O)NNC(=O)COc2ccc(C(C)(C)C)cc2C(C)(C)C)c1. The summed E-state index contributed by atoms with van der Waals surface area (Å²) < 4.78 is 5.78. The van der Waals surface area contributed by atoms with Gasteiger partial charge >= 0.3 is 0 Å². The van der Waals surface area contributed by atoms with Crippen LogP contribution in [0.4, 0.5) is 5.69 Å². The molecular formula is C28H39N3O4. The fourth-order valence-corrected chi connectivity index (χ4v) is 3.40. The molecule has 7 nitrogen and oxygen atoms in total. The quantitative estimate of drug-likeness (QED) is 0.493. The number of hydrogen-bond acceptors (Lipinski definition) is 4. The number of ether oxygens (including phenoxy) is 1. The highest BCUT2D eigenvalue weighted by molar-refractivity contribution is 5.94.